The van der Waals surface area contributed by atoms with Crippen molar-refractivity contribution in [1.29, 1.82) is 0 Å². The summed E-state index contributed by atoms with van der Waals surface area (Å²) in [7, 11) is 0. The predicted molar refractivity (Wildman–Crippen MR) is 325 cm³/mol. The van der Waals surface area contributed by atoms with Gasteiger partial charge in [-0.1, -0.05) is 298 Å². The van der Waals surface area contributed by atoms with Crippen molar-refractivity contribution < 1.29 is 28.6 Å². The van der Waals surface area contributed by atoms with Gasteiger partial charge in [-0.3, -0.25) is 14.4 Å². The first-order valence-electron chi connectivity index (χ1n) is 31.7. The number of unbranched alkanes of at least 4 members (excludes halogenated alkanes) is 30. The van der Waals surface area contributed by atoms with Crippen LogP contribution in [0.25, 0.3) is 0 Å². The molecule has 430 valence electrons. The van der Waals surface area contributed by atoms with Gasteiger partial charge in [0, 0.05) is 19.3 Å². The van der Waals surface area contributed by atoms with E-state index in [1.54, 1.807) is 0 Å². The maximum absolute atomic E-state index is 12.8. The van der Waals surface area contributed by atoms with Crippen LogP contribution in [0.15, 0.2) is 97.2 Å². The van der Waals surface area contributed by atoms with E-state index in [2.05, 4.69) is 118 Å². The normalized spacial score (nSPS) is 12.7. The number of allylic oxidation sites excluding steroid dienone is 16. The van der Waals surface area contributed by atoms with E-state index in [0.717, 1.165) is 122 Å². The average molecular weight is 1040 g/mol. The Labute approximate surface area is 464 Å². The molecule has 0 heterocycles. The zero-order valence-electron chi connectivity index (χ0n) is 49.3. The Hall–Kier alpha value is -3.67. The lowest BCUT2D eigenvalue weighted by Gasteiger charge is -2.18. The molecule has 0 spiro atoms. The molecule has 0 aromatic rings. The Bertz CT molecular complexity index is 1480. The smallest absolute Gasteiger partial charge is 0.306 e. The number of rotatable bonds is 57. The molecule has 0 aromatic heterocycles. The van der Waals surface area contributed by atoms with Gasteiger partial charge in [-0.2, -0.15) is 0 Å². The van der Waals surface area contributed by atoms with Crippen LogP contribution in [0.4, 0.5) is 0 Å². The van der Waals surface area contributed by atoms with Crippen molar-refractivity contribution in [3.8, 4) is 0 Å². The highest BCUT2D eigenvalue weighted by atomic mass is 16.6. The van der Waals surface area contributed by atoms with Gasteiger partial charge in [0.2, 0.25) is 0 Å². The number of hydrogen-bond acceptors (Lipinski definition) is 6. The van der Waals surface area contributed by atoms with Crippen LogP contribution >= 0.6 is 0 Å². The Morgan fingerprint density at radius 2 is 0.520 bits per heavy atom. The van der Waals surface area contributed by atoms with Crippen LogP contribution in [-0.4, -0.2) is 37.2 Å². The molecule has 1 unspecified atom stereocenters. The Balaban J connectivity index is 4.05. The minimum atomic E-state index is -0.775. The average Bonchev–Trinajstić information content (AvgIpc) is 3.41. The third-order valence-corrected chi connectivity index (χ3v) is 13.6. The quantitative estimate of drug-likeness (QED) is 0.0261. The monoisotopic (exact) mass is 1040 g/mol. The molecule has 0 bridgehead atoms. The summed E-state index contributed by atoms with van der Waals surface area (Å²) in [5, 5.41) is 0. The molecule has 0 aliphatic rings. The molecule has 0 amide bonds. The number of hydrogen-bond donors (Lipinski definition) is 0. The maximum atomic E-state index is 12.8. The molecule has 0 N–H and O–H groups in total. The van der Waals surface area contributed by atoms with E-state index in [9.17, 15) is 14.4 Å². The van der Waals surface area contributed by atoms with Crippen molar-refractivity contribution >= 4 is 17.9 Å². The van der Waals surface area contributed by atoms with Gasteiger partial charge in [-0.25, -0.2) is 0 Å². The zero-order chi connectivity index (χ0) is 54.3. The summed E-state index contributed by atoms with van der Waals surface area (Å²) >= 11 is 0. The first-order chi connectivity index (χ1) is 37.0. The van der Waals surface area contributed by atoms with E-state index >= 15 is 0 Å². The fourth-order valence-electron chi connectivity index (χ4n) is 8.87. The summed E-state index contributed by atoms with van der Waals surface area (Å²) in [4.78, 5) is 37.9. The van der Waals surface area contributed by atoms with Gasteiger partial charge in [0.15, 0.2) is 6.10 Å². The minimum absolute atomic E-state index is 0.0774. The standard InChI is InChI=1S/C69H118O6/c1-4-7-10-13-15-17-19-21-23-25-27-28-29-30-31-32-33-34-35-36-37-38-39-40-42-43-45-47-49-51-53-56-59-62-68(71)74-65-66(64-73-67(70)61-58-55-12-9-6-3)75-69(72)63-60-57-54-52-50-48-46-44-41-26-24-22-20-18-16-14-11-8-5-2/h7,10,15,17,21,23,27-28,30-31,33-34,36-37,39-40,66H,4-6,8-9,11-14,16,18-20,22,24-26,29,32,35,38,41-65H2,1-3H3/b10-7-,17-15-,23-21-,28-27-,31-30-,34-33-,37-36-,40-39-. The third kappa shape index (κ3) is 61.1. The van der Waals surface area contributed by atoms with Gasteiger partial charge in [-0.15, -0.1) is 0 Å². The molecule has 0 aromatic carbocycles. The second-order valence-corrected chi connectivity index (χ2v) is 21.0. The summed E-state index contributed by atoms with van der Waals surface area (Å²) < 4.78 is 16.8. The van der Waals surface area contributed by atoms with Crippen molar-refractivity contribution in [2.45, 2.75) is 309 Å². The first kappa shape index (κ1) is 71.3. The third-order valence-electron chi connectivity index (χ3n) is 13.6. The summed E-state index contributed by atoms with van der Waals surface area (Å²) in [6.45, 7) is 6.46. The highest BCUT2D eigenvalue weighted by Gasteiger charge is 2.19. The Morgan fingerprint density at radius 1 is 0.280 bits per heavy atom. The second-order valence-electron chi connectivity index (χ2n) is 21.0. The Morgan fingerprint density at radius 3 is 0.813 bits per heavy atom. The van der Waals surface area contributed by atoms with Crippen molar-refractivity contribution in [2.24, 2.45) is 0 Å². The lowest BCUT2D eigenvalue weighted by molar-refractivity contribution is -0.167. The SMILES string of the molecule is CC/C=C\C/C=C\C/C=C\C/C=C\C/C=C\C/C=C\C/C=C\C/C=C\CCCCCCCCCCC(=O)OCC(COC(=O)CCCCCCC)OC(=O)CCCCCCCCCCCCCCCCCCCCC. The molecule has 0 radical (unpaired) electrons. The number of carbonyl (C=O) groups is 3. The molecular weight excluding hydrogens is 925 g/mol. The molecule has 0 rings (SSSR count). The van der Waals surface area contributed by atoms with E-state index in [0.29, 0.717) is 19.3 Å². The van der Waals surface area contributed by atoms with Crippen molar-refractivity contribution in [3.05, 3.63) is 97.2 Å². The molecule has 75 heavy (non-hydrogen) atoms. The fourth-order valence-corrected chi connectivity index (χ4v) is 8.87. The number of ether oxygens (including phenoxy) is 3. The van der Waals surface area contributed by atoms with Gasteiger partial charge in [0.1, 0.15) is 13.2 Å². The molecular formula is C69H118O6. The summed E-state index contributed by atoms with van der Waals surface area (Å²) in [5.74, 6) is -0.890. The number of carbonyl (C=O) groups excluding carboxylic acids is 3. The highest BCUT2D eigenvalue weighted by Crippen LogP contribution is 2.17. The molecule has 0 saturated carbocycles. The van der Waals surface area contributed by atoms with Crippen molar-refractivity contribution in [2.75, 3.05) is 13.2 Å². The molecule has 6 nitrogen and oxygen atoms in total. The van der Waals surface area contributed by atoms with Crippen LogP contribution in [0.2, 0.25) is 0 Å². The summed E-state index contributed by atoms with van der Waals surface area (Å²) in [6.07, 6.45) is 84.6. The summed E-state index contributed by atoms with van der Waals surface area (Å²) in [6, 6.07) is 0. The van der Waals surface area contributed by atoms with Gasteiger partial charge in [-0.05, 0) is 83.5 Å². The van der Waals surface area contributed by atoms with E-state index in [1.807, 2.05) is 0 Å². The summed E-state index contributed by atoms with van der Waals surface area (Å²) in [5.41, 5.74) is 0. The molecule has 6 heteroatoms. The molecule has 0 aliphatic carbocycles. The zero-order valence-corrected chi connectivity index (χ0v) is 49.3. The van der Waals surface area contributed by atoms with Crippen molar-refractivity contribution in [3.63, 3.8) is 0 Å². The second kappa shape index (κ2) is 62.9. The minimum Gasteiger partial charge on any atom is -0.462 e. The van der Waals surface area contributed by atoms with Gasteiger partial charge in [0.05, 0.1) is 0 Å². The van der Waals surface area contributed by atoms with Crippen LogP contribution in [0.5, 0.6) is 0 Å². The maximum Gasteiger partial charge on any atom is 0.306 e. The molecule has 0 aliphatic heterocycles. The lowest BCUT2D eigenvalue weighted by Crippen LogP contribution is -2.30. The van der Waals surface area contributed by atoms with Gasteiger partial charge < -0.3 is 14.2 Å². The van der Waals surface area contributed by atoms with Crippen LogP contribution in [0, 0.1) is 0 Å². The lowest BCUT2D eigenvalue weighted by atomic mass is 10.0. The van der Waals surface area contributed by atoms with E-state index in [1.165, 1.54) is 141 Å². The van der Waals surface area contributed by atoms with Crippen molar-refractivity contribution in [1.82, 2.24) is 0 Å². The van der Waals surface area contributed by atoms with E-state index < -0.39 is 6.10 Å². The van der Waals surface area contributed by atoms with Gasteiger partial charge in [0.25, 0.3) is 0 Å². The van der Waals surface area contributed by atoms with E-state index in [-0.39, 0.29) is 31.1 Å². The first-order valence-corrected chi connectivity index (χ1v) is 31.7. The fraction of sp³-hybridized carbons (Fsp3) is 0.725. The van der Waals surface area contributed by atoms with E-state index in [4.69, 9.17) is 14.2 Å². The Kier molecular flexibility index (Phi) is 59.8. The van der Waals surface area contributed by atoms with Gasteiger partial charge >= 0.3 is 17.9 Å². The van der Waals surface area contributed by atoms with Crippen LogP contribution in [0.1, 0.15) is 303 Å². The molecule has 0 fully saturated rings. The van der Waals surface area contributed by atoms with Crippen LogP contribution in [0.3, 0.4) is 0 Å². The molecule has 0 saturated heterocycles. The topological polar surface area (TPSA) is 78.9 Å². The predicted octanol–water partition coefficient (Wildman–Crippen LogP) is 21.7. The van der Waals surface area contributed by atoms with Crippen LogP contribution in [-0.2, 0) is 28.6 Å². The van der Waals surface area contributed by atoms with Crippen LogP contribution < -0.4 is 0 Å². The number of esters is 3. The largest absolute Gasteiger partial charge is 0.462 e. The highest BCUT2D eigenvalue weighted by molar-refractivity contribution is 5.71. The molecule has 1 atom stereocenters.